The van der Waals surface area contributed by atoms with Crippen molar-refractivity contribution < 1.29 is 0 Å². The molecule has 5 heteroatoms. The fraction of sp³-hybridized carbons (Fsp3) is 0.562. The van der Waals surface area contributed by atoms with Crippen LogP contribution in [0, 0.1) is 0 Å². The molecule has 1 saturated heterocycles. The van der Waals surface area contributed by atoms with Gasteiger partial charge in [0.1, 0.15) is 11.3 Å². The molecule has 2 aromatic heterocycles. The fourth-order valence-corrected chi connectivity index (χ4v) is 3.07. The Hall–Kier alpha value is -1.75. The van der Waals surface area contributed by atoms with Crippen LogP contribution in [0.2, 0.25) is 0 Å². The zero-order valence-electron chi connectivity index (χ0n) is 12.9. The fourth-order valence-electron chi connectivity index (χ4n) is 3.07. The number of rotatable bonds is 4. The van der Waals surface area contributed by atoms with E-state index in [1.54, 1.807) is 12.4 Å². The van der Waals surface area contributed by atoms with Gasteiger partial charge in [0.15, 0.2) is 5.65 Å². The number of nitrogens with zero attached hydrogens (tertiary/aromatic N) is 5. The molecule has 1 aliphatic heterocycles. The molecule has 0 aromatic carbocycles. The summed E-state index contributed by atoms with van der Waals surface area (Å²) >= 11 is 0. The molecule has 112 valence electrons. The lowest BCUT2D eigenvalue weighted by Gasteiger charge is -2.37. The van der Waals surface area contributed by atoms with Crippen LogP contribution >= 0.6 is 0 Å². The first-order valence-electron chi connectivity index (χ1n) is 7.81. The van der Waals surface area contributed by atoms with Crippen LogP contribution in [0.3, 0.4) is 0 Å². The first-order valence-corrected chi connectivity index (χ1v) is 7.81. The molecule has 0 aliphatic carbocycles. The first-order chi connectivity index (χ1) is 10.3. The highest BCUT2D eigenvalue weighted by molar-refractivity contribution is 5.71. The molecule has 0 spiro atoms. The van der Waals surface area contributed by atoms with Crippen LogP contribution in [0.4, 0.5) is 5.82 Å². The van der Waals surface area contributed by atoms with Gasteiger partial charge in [-0.15, -0.1) is 0 Å². The maximum Gasteiger partial charge on any atom is 0.180 e. The van der Waals surface area contributed by atoms with E-state index in [2.05, 4.69) is 44.8 Å². The molecule has 21 heavy (non-hydrogen) atoms. The van der Waals surface area contributed by atoms with Crippen molar-refractivity contribution in [3.63, 3.8) is 0 Å². The van der Waals surface area contributed by atoms with E-state index in [0.717, 1.165) is 17.0 Å². The van der Waals surface area contributed by atoms with Gasteiger partial charge in [-0.05, 0) is 37.9 Å². The summed E-state index contributed by atoms with van der Waals surface area (Å²) < 4.78 is 0. The molecule has 3 heterocycles. The van der Waals surface area contributed by atoms with Gasteiger partial charge in [-0.3, -0.25) is 4.98 Å². The highest BCUT2D eigenvalue weighted by Crippen LogP contribution is 2.22. The van der Waals surface area contributed by atoms with Gasteiger partial charge in [-0.25, -0.2) is 9.97 Å². The van der Waals surface area contributed by atoms with Crippen LogP contribution in [-0.2, 0) is 0 Å². The molecule has 0 amide bonds. The van der Waals surface area contributed by atoms with Gasteiger partial charge in [0.2, 0.25) is 0 Å². The third-order valence-corrected chi connectivity index (χ3v) is 4.32. The van der Waals surface area contributed by atoms with E-state index in [4.69, 9.17) is 0 Å². The number of hydrogen-bond donors (Lipinski definition) is 0. The van der Waals surface area contributed by atoms with Crippen LogP contribution in [0.1, 0.15) is 26.2 Å². The van der Waals surface area contributed by atoms with E-state index < -0.39 is 0 Å². The number of hydrogen-bond acceptors (Lipinski definition) is 5. The number of piperidine rings is 1. The monoisotopic (exact) mass is 285 g/mol. The second kappa shape index (κ2) is 6.35. The molecular formula is C16H23N5. The molecule has 0 bridgehead atoms. The van der Waals surface area contributed by atoms with E-state index in [-0.39, 0.29) is 0 Å². The Kier molecular flexibility index (Phi) is 4.29. The van der Waals surface area contributed by atoms with E-state index in [9.17, 15) is 0 Å². The third kappa shape index (κ3) is 3.13. The lowest BCUT2D eigenvalue weighted by atomic mass is 10.0. The molecule has 3 rings (SSSR count). The summed E-state index contributed by atoms with van der Waals surface area (Å²) in [6, 6.07) is 4.63. The average molecular weight is 285 g/mol. The highest BCUT2D eigenvalue weighted by Gasteiger charge is 2.22. The summed E-state index contributed by atoms with van der Waals surface area (Å²) in [5.41, 5.74) is 1.58. The van der Waals surface area contributed by atoms with Gasteiger partial charge in [-0.2, -0.15) is 0 Å². The molecular weight excluding hydrogens is 262 g/mol. The van der Waals surface area contributed by atoms with Crippen molar-refractivity contribution in [2.45, 2.75) is 32.2 Å². The minimum absolute atomic E-state index is 0.569. The lowest BCUT2D eigenvalue weighted by Crippen LogP contribution is -2.43. The Balaban J connectivity index is 1.70. The minimum atomic E-state index is 0.569. The maximum atomic E-state index is 4.64. The second-order valence-corrected chi connectivity index (χ2v) is 5.75. The molecule has 1 aliphatic rings. The van der Waals surface area contributed by atoms with Gasteiger partial charge in [0.25, 0.3) is 0 Å². The summed E-state index contributed by atoms with van der Waals surface area (Å²) in [4.78, 5) is 18.1. The Morgan fingerprint density at radius 3 is 2.71 bits per heavy atom. The molecule has 0 saturated carbocycles. The number of likely N-dealkylation sites (tertiary alicyclic amines) is 1. The van der Waals surface area contributed by atoms with Crippen LogP contribution in [0.25, 0.3) is 11.2 Å². The Morgan fingerprint density at radius 1 is 1.19 bits per heavy atom. The van der Waals surface area contributed by atoms with Crippen molar-refractivity contribution in [3.8, 4) is 0 Å². The van der Waals surface area contributed by atoms with Crippen molar-refractivity contribution in [1.82, 2.24) is 19.9 Å². The predicted octanol–water partition coefficient (Wildman–Crippen LogP) is 2.34. The molecule has 1 fully saturated rings. The standard InChI is InChI=1S/C16H23N5/c1-3-10-21-11-6-13(7-12-21)20(2)15-5-4-14-16(19-15)18-9-8-17-14/h4-5,8-9,13H,3,6-7,10-12H2,1-2H3. The number of pyridine rings is 1. The average Bonchev–Trinajstić information content (AvgIpc) is 2.55. The summed E-state index contributed by atoms with van der Waals surface area (Å²) in [6.45, 7) is 5.85. The van der Waals surface area contributed by atoms with Gasteiger partial charge in [0.05, 0.1) is 0 Å². The SMILES string of the molecule is CCCN1CCC(N(C)c2ccc3nccnc3n2)CC1. The number of fused-ring (bicyclic) bond motifs is 1. The van der Waals surface area contributed by atoms with Crippen LogP contribution in [0.5, 0.6) is 0 Å². The van der Waals surface area contributed by atoms with Crippen LogP contribution in [0.15, 0.2) is 24.5 Å². The molecule has 0 radical (unpaired) electrons. The smallest absolute Gasteiger partial charge is 0.180 e. The quantitative estimate of drug-likeness (QED) is 0.862. The van der Waals surface area contributed by atoms with E-state index in [1.807, 2.05) is 6.07 Å². The Morgan fingerprint density at radius 2 is 1.95 bits per heavy atom. The first kappa shape index (κ1) is 14.2. The Labute approximate surface area is 126 Å². The summed E-state index contributed by atoms with van der Waals surface area (Å²) in [6.07, 6.45) is 7.05. The summed E-state index contributed by atoms with van der Waals surface area (Å²) in [5, 5.41) is 0. The van der Waals surface area contributed by atoms with Crippen molar-refractivity contribution >= 4 is 17.0 Å². The lowest BCUT2D eigenvalue weighted by molar-refractivity contribution is 0.211. The van der Waals surface area contributed by atoms with Crippen molar-refractivity contribution in [2.24, 2.45) is 0 Å². The number of anilines is 1. The zero-order chi connectivity index (χ0) is 14.7. The third-order valence-electron chi connectivity index (χ3n) is 4.32. The van der Waals surface area contributed by atoms with Gasteiger partial charge >= 0.3 is 0 Å². The van der Waals surface area contributed by atoms with Gasteiger partial charge in [0, 0.05) is 38.6 Å². The van der Waals surface area contributed by atoms with Crippen LogP contribution in [-0.4, -0.2) is 52.6 Å². The molecule has 5 nitrogen and oxygen atoms in total. The second-order valence-electron chi connectivity index (χ2n) is 5.75. The van der Waals surface area contributed by atoms with Crippen molar-refractivity contribution in [2.75, 3.05) is 31.6 Å². The van der Waals surface area contributed by atoms with E-state index in [0.29, 0.717) is 6.04 Å². The molecule has 0 atom stereocenters. The summed E-state index contributed by atoms with van der Waals surface area (Å²) in [7, 11) is 2.14. The van der Waals surface area contributed by atoms with E-state index >= 15 is 0 Å². The van der Waals surface area contributed by atoms with Crippen LogP contribution < -0.4 is 4.90 Å². The maximum absolute atomic E-state index is 4.64. The topological polar surface area (TPSA) is 45.2 Å². The van der Waals surface area contributed by atoms with Gasteiger partial charge < -0.3 is 9.80 Å². The van der Waals surface area contributed by atoms with Gasteiger partial charge in [-0.1, -0.05) is 6.92 Å². The van der Waals surface area contributed by atoms with E-state index in [1.165, 1.54) is 38.9 Å². The summed E-state index contributed by atoms with van der Waals surface area (Å²) in [5.74, 6) is 0.997. The van der Waals surface area contributed by atoms with Crippen molar-refractivity contribution in [1.29, 1.82) is 0 Å². The largest absolute Gasteiger partial charge is 0.357 e. The molecule has 0 N–H and O–H groups in total. The number of aromatic nitrogens is 3. The zero-order valence-corrected chi connectivity index (χ0v) is 12.9. The minimum Gasteiger partial charge on any atom is -0.357 e. The van der Waals surface area contributed by atoms with Crippen molar-refractivity contribution in [3.05, 3.63) is 24.5 Å². The normalized spacial score (nSPS) is 17.2. The Bertz CT molecular complexity index is 592. The highest BCUT2D eigenvalue weighted by atomic mass is 15.2. The molecule has 2 aromatic rings. The predicted molar refractivity (Wildman–Crippen MR) is 85.5 cm³/mol. The molecule has 0 unspecified atom stereocenters.